The van der Waals surface area contributed by atoms with Crippen molar-refractivity contribution in [1.29, 1.82) is 0 Å². The molecule has 21 heavy (non-hydrogen) atoms. The number of hydrogen-bond acceptors (Lipinski definition) is 3. The van der Waals surface area contributed by atoms with Crippen LogP contribution in [0.4, 0.5) is 0 Å². The summed E-state index contributed by atoms with van der Waals surface area (Å²) in [5.41, 5.74) is 0. The van der Waals surface area contributed by atoms with Gasteiger partial charge in [-0.3, -0.25) is 9.69 Å². The Kier molecular flexibility index (Phi) is 4.55. The molecule has 0 aromatic rings. The van der Waals surface area contributed by atoms with E-state index in [1.165, 1.54) is 25.7 Å². The SMILES string of the molecule is CC1CN(CC(=O)NC(C)C2CC3CCC2C3)C(C)CN1. The maximum Gasteiger partial charge on any atom is 0.234 e. The summed E-state index contributed by atoms with van der Waals surface area (Å²) in [7, 11) is 0. The molecular formula is C17H31N3O. The summed E-state index contributed by atoms with van der Waals surface area (Å²) < 4.78 is 0. The van der Waals surface area contributed by atoms with Gasteiger partial charge in [-0.15, -0.1) is 0 Å². The van der Waals surface area contributed by atoms with E-state index in [1.807, 2.05) is 0 Å². The molecule has 1 aliphatic heterocycles. The molecular weight excluding hydrogens is 262 g/mol. The number of nitrogens with one attached hydrogen (secondary N) is 2. The van der Waals surface area contributed by atoms with Crippen LogP contribution in [0.15, 0.2) is 0 Å². The van der Waals surface area contributed by atoms with Crippen LogP contribution in [0.5, 0.6) is 0 Å². The number of rotatable bonds is 4. The van der Waals surface area contributed by atoms with Crippen LogP contribution in [0.1, 0.15) is 46.5 Å². The van der Waals surface area contributed by atoms with Crippen LogP contribution in [0.25, 0.3) is 0 Å². The van der Waals surface area contributed by atoms with Crippen LogP contribution in [-0.2, 0) is 4.79 Å². The van der Waals surface area contributed by atoms with Gasteiger partial charge in [0.1, 0.15) is 0 Å². The lowest BCUT2D eigenvalue weighted by Crippen LogP contribution is -2.57. The Morgan fingerprint density at radius 1 is 1.33 bits per heavy atom. The van der Waals surface area contributed by atoms with Crippen LogP contribution >= 0.6 is 0 Å². The molecule has 0 aromatic carbocycles. The highest BCUT2D eigenvalue weighted by molar-refractivity contribution is 5.78. The summed E-state index contributed by atoms with van der Waals surface area (Å²) in [6.07, 6.45) is 5.57. The van der Waals surface area contributed by atoms with Gasteiger partial charge in [-0.05, 0) is 57.8 Å². The number of hydrogen-bond donors (Lipinski definition) is 2. The van der Waals surface area contributed by atoms with Crippen molar-refractivity contribution >= 4 is 5.91 Å². The standard InChI is InChI=1S/C17H31N3O/c1-11-9-20(12(2)8-18-11)10-17(21)19-13(3)16-7-14-4-5-15(16)6-14/h11-16,18H,4-10H2,1-3H3,(H,19,21). The smallest absolute Gasteiger partial charge is 0.234 e. The Balaban J connectivity index is 1.47. The van der Waals surface area contributed by atoms with Crippen molar-refractivity contribution in [2.24, 2.45) is 17.8 Å². The number of nitrogens with zero attached hydrogens (tertiary/aromatic N) is 1. The fourth-order valence-corrected chi connectivity index (χ4v) is 4.81. The molecule has 3 rings (SSSR count). The molecule has 3 fully saturated rings. The van der Waals surface area contributed by atoms with Gasteiger partial charge in [0, 0.05) is 31.2 Å². The molecule has 0 aromatic heterocycles. The number of fused-ring (bicyclic) bond motifs is 2. The fraction of sp³-hybridized carbons (Fsp3) is 0.941. The molecule has 1 heterocycles. The van der Waals surface area contributed by atoms with Crippen molar-refractivity contribution in [2.75, 3.05) is 19.6 Å². The highest BCUT2D eigenvalue weighted by Crippen LogP contribution is 2.49. The zero-order valence-corrected chi connectivity index (χ0v) is 13.8. The van der Waals surface area contributed by atoms with E-state index in [9.17, 15) is 4.79 Å². The van der Waals surface area contributed by atoms with Crippen LogP contribution in [0.3, 0.4) is 0 Å². The predicted molar refractivity (Wildman–Crippen MR) is 85.0 cm³/mol. The van der Waals surface area contributed by atoms with Crippen molar-refractivity contribution in [3.05, 3.63) is 0 Å². The second kappa shape index (κ2) is 6.25. The molecule has 0 radical (unpaired) electrons. The Labute approximate surface area is 129 Å². The lowest BCUT2D eigenvalue weighted by atomic mass is 9.84. The quantitative estimate of drug-likeness (QED) is 0.828. The monoisotopic (exact) mass is 293 g/mol. The third-order valence-corrected chi connectivity index (χ3v) is 6.06. The van der Waals surface area contributed by atoms with E-state index in [1.54, 1.807) is 0 Å². The molecule has 2 saturated carbocycles. The van der Waals surface area contributed by atoms with Gasteiger partial charge in [0.25, 0.3) is 0 Å². The molecule has 4 heteroatoms. The topological polar surface area (TPSA) is 44.4 Å². The Bertz CT molecular complexity index is 386. The van der Waals surface area contributed by atoms with E-state index >= 15 is 0 Å². The lowest BCUT2D eigenvalue weighted by Gasteiger charge is -2.37. The first kappa shape index (κ1) is 15.3. The molecule has 120 valence electrons. The highest BCUT2D eigenvalue weighted by Gasteiger charge is 2.42. The average Bonchev–Trinajstić information content (AvgIpc) is 3.05. The minimum Gasteiger partial charge on any atom is -0.352 e. The van der Waals surface area contributed by atoms with Crippen molar-refractivity contribution in [3.8, 4) is 0 Å². The van der Waals surface area contributed by atoms with Gasteiger partial charge in [0.2, 0.25) is 5.91 Å². The number of carbonyl (C=O) groups excluding carboxylic acids is 1. The summed E-state index contributed by atoms with van der Waals surface area (Å²) in [6, 6.07) is 1.28. The number of carbonyl (C=O) groups is 1. The average molecular weight is 293 g/mol. The zero-order chi connectivity index (χ0) is 15.0. The van der Waals surface area contributed by atoms with Crippen molar-refractivity contribution < 1.29 is 4.79 Å². The molecule has 0 spiro atoms. The first-order valence-electron chi connectivity index (χ1n) is 8.79. The Hall–Kier alpha value is -0.610. The van der Waals surface area contributed by atoms with E-state index < -0.39 is 0 Å². The molecule has 1 saturated heterocycles. The summed E-state index contributed by atoms with van der Waals surface area (Å²) in [6.45, 7) is 9.11. The number of piperazine rings is 1. The van der Waals surface area contributed by atoms with Gasteiger partial charge in [0.05, 0.1) is 6.54 Å². The van der Waals surface area contributed by atoms with E-state index in [0.29, 0.717) is 24.7 Å². The van der Waals surface area contributed by atoms with Crippen LogP contribution in [0, 0.1) is 17.8 Å². The predicted octanol–water partition coefficient (Wildman–Crippen LogP) is 1.61. The van der Waals surface area contributed by atoms with Gasteiger partial charge in [-0.25, -0.2) is 0 Å². The van der Waals surface area contributed by atoms with Crippen LogP contribution in [0.2, 0.25) is 0 Å². The van der Waals surface area contributed by atoms with Crippen molar-refractivity contribution in [2.45, 2.75) is 64.6 Å². The van der Waals surface area contributed by atoms with E-state index in [2.05, 4.69) is 36.3 Å². The van der Waals surface area contributed by atoms with Gasteiger partial charge in [-0.1, -0.05) is 6.42 Å². The summed E-state index contributed by atoms with van der Waals surface area (Å²) in [4.78, 5) is 14.7. The minimum atomic E-state index is 0.214. The maximum atomic E-state index is 12.4. The third-order valence-electron chi connectivity index (χ3n) is 6.06. The minimum absolute atomic E-state index is 0.214. The van der Waals surface area contributed by atoms with E-state index in [-0.39, 0.29) is 5.91 Å². The van der Waals surface area contributed by atoms with Crippen LogP contribution < -0.4 is 10.6 Å². The van der Waals surface area contributed by atoms with Gasteiger partial charge >= 0.3 is 0 Å². The van der Waals surface area contributed by atoms with Crippen molar-refractivity contribution in [1.82, 2.24) is 15.5 Å². The molecule has 2 aliphatic carbocycles. The first-order valence-corrected chi connectivity index (χ1v) is 8.79. The molecule has 1 amide bonds. The second-order valence-corrected chi connectivity index (χ2v) is 7.78. The number of amides is 1. The fourth-order valence-electron chi connectivity index (χ4n) is 4.81. The van der Waals surface area contributed by atoms with Gasteiger partial charge < -0.3 is 10.6 Å². The first-order chi connectivity index (χ1) is 10.0. The summed E-state index contributed by atoms with van der Waals surface area (Å²) >= 11 is 0. The Morgan fingerprint density at radius 2 is 2.14 bits per heavy atom. The molecule has 2 N–H and O–H groups in total. The lowest BCUT2D eigenvalue weighted by molar-refractivity contribution is -0.124. The second-order valence-electron chi connectivity index (χ2n) is 7.78. The van der Waals surface area contributed by atoms with Gasteiger partial charge in [-0.2, -0.15) is 0 Å². The molecule has 4 nitrogen and oxygen atoms in total. The summed E-state index contributed by atoms with van der Waals surface area (Å²) in [5.74, 6) is 2.77. The Morgan fingerprint density at radius 3 is 2.81 bits per heavy atom. The van der Waals surface area contributed by atoms with Crippen molar-refractivity contribution in [3.63, 3.8) is 0 Å². The molecule has 6 atom stereocenters. The molecule has 3 aliphatic rings. The highest BCUT2D eigenvalue weighted by atomic mass is 16.2. The van der Waals surface area contributed by atoms with Crippen LogP contribution in [-0.4, -0.2) is 48.6 Å². The molecule has 2 bridgehead atoms. The largest absolute Gasteiger partial charge is 0.352 e. The van der Waals surface area contributed by atoms with Gasteiger partial charge in [0.15, 0.2) is 0 Å². The molecule has 6 unspecified atom stereocenters. The normalized spacial score (nSPS) is 41.2. The van der Waals surface area contributed by atoms with E-state index in [0.717, 1.165) is 30.8 Å². The zero-order valence-electron chi connectivity index (χ0n) is 13.8. The summed E-state index contributed by atoms with van der Waals surface area (Å²) in [5, 5.41) is 6.75. The van der Waals surface area contributed by atoms with E-state index in [4.69, 9.17) is 0 Å². The maximum absolute atomic E-state index is 12.4. The third kappa shape index (κ3) is 3.42.